The van der Waals surface area contributed by atoms with Crippen LogP contribution in [0.15, 0.2) is 106 Å². The van der Waals surface area contributed by atoms with Crippen molar-refractivity contribution in [2.45, 2.75) is 34.7 Å². The smallest absolute Gasteiger partial charge is 0.340 e. The molecule has 0 spiro atoms. The summed E-state index contributed by atoms with van der Waals surface area (Å²) in [7, 11) is -0.0146. The summed E-state index contributed by atoms with van der Waals surface area (Å²) in [6.07, 6.45) is -1.49. The summed E-state index contributed by atoms with van der Waals surface area (Å²) in [5.74, 6) is -0.785. The standard InChI is InChI=1S/C18H15S.C5H9FO2/c1-4-10-16(11-5-1)19(17-12-6-2-7-13-17)18-14-8-3-9-15-18;1-3-8-5(7)4(2)6/h1-15H;4H,3H2,1-2H3/q+1;. The number of carbonyl (C=O) groups is 1. The lowest BCUT2D eigenvalue weighted by atomic mass is 10.4. The third-order valence-corrected chi connectivity index (χ3v) is 5.78. The first kappa shape index (κ1) is 20.7. The maximum absolute atomic E-state index is 11.8. The predicted molar refractivity (Wildman–Crippen MR) is 109 cm³/mol. The fraction of sp³-hybridized carbons (Fsp3) is 0.174. The third kappa shape index (κ3) is 6.57. The van der Waals surface area contributed by atoms with E-state index in [1.807, 2.05) is 0 Å². The molecular formula is C23H24FO2S+. The highest BCUT2D eigenvalue weighted by atomic mass is 32.2. The van der Waals surface area contributed by atoms with Crippen LogP contribution in [-0.4, -0.2) is 18.7 Å². The highest BCUT2D eigenvalue weighted by Crippen LogP contribution is 2.30. The molecule has 0 aliphatic rings. The second-order valence-corrected chi connectivity index (χ2v) is 7.64. The minimum Gasteiger partial charge on any atom is -0.464 e. The Kier molecular flexibility index (Phi) is 8.59. The molecule has 0 aliphatic carbocycles. The Hall–Kier alpha value is -2.59. The van der Waals surface area contributed by atoms with E-state index in [1.165, 1.54) is 14.7 Å². The molecular weight excluding hydrogens is 359 g/mol. The number of halogens is 1. The zero-order chi connectivity index (χ0) is 19.5. The molecule has 0 saturated heterocycles. The van der Waals surface area contributed by atoms with Crippen LogP contribution in [0, 0.1) is 0 Å². The lowest BCUT2D eigenvalue weighted by Crippen LogP contribution is -2.14. The molecule has 3 rings (SSSR count). The maximum Gasteiger partial charge on any atom is 0.340 e. The summed E-state index contributed by atoms with van der Waals surface area (Å²) >= 11 is 0. The fourth-order valence-electron chi connectivity index (χ4n) is 2.34. The monoisotopic (exact) mass is 383 g/mol. The number of hydrogen-bond donors (Lipinski definition) is 0. The van der Waals surface area contributed by atoms with E-state index in [1.54, 1.807) is 6.92 Å². The van der Waals surface area contributed by atoms with Gasteiger partial charge >= 0.3 is 5.97 Å². The number of benzene rings is 3. The molecule has 1 unspecified atom stereocenters. The second kappa shape index (κ2) is 11.2. The van der Waals surface area contributed by atoms with Crippen molar-refractivity contribution in [2.75, 3.05) is 6.61 Å². The molecule has 0 aliphatic heterocycles. The van der Waals surface area contributed by atoms with E-state index in [0.717, 1.165) is 6.92 Å². The maximum atomic E-state index is 11.8. The first-order chi connectivity index (χ1) is 13.1. The zero-order valence-electron chi connectivity index (χ0n) is 15.5. The van der Waals surface area contributed by atoms with Gasteiger partial charge in [0.25, 0.3) is 0 Å². The molecule has 2 nitrogen and oxygen atoms in total. The van der Waals surface area contributed by atoms with E-state index in [-0.39, 0.29) is 17.5 Å². The van der Waals surface area contributed by atoms with E-state index >= 15 is 0 Å². The largest absolute Gasteiger partial charge is 0.464 e. The van der Waals surface area contributed by atoms with Crippen LogP contribution in [-0.2, 0) is 20.4 Å². The molecule has 3 aromatic carbocycles. The second-order valence-electron chi connectivity index (χ2n) is 5.61. The van der Waals surface area contributed by atoms with E-state index < -0.39 is 12.1 Å². The van der Waals surface area contributed by atoms with Crippen LogP contribution in [0.5, 0.6) is 0 Å². The van der Waals surface area contributed by atoms with Gasteiger partial charge in [0.05, 0.1) is 17.5 Å². The fourth-order valence-corrected chi connectivity index (χ4v) is 4.44. The van der Waals surface area contributed by atoms with Crippen molar-refractivity contribution in [1.82, 2.24) is 0 Å². The lowest BCUT2D eigenvalue weighted by molar-refractivity contribution is -0.148. The Morgan fingerprint density at radius 3 is 1.37 bits per heavy atom. The van der Waals surface area contributed by atoms with Crippen molar-refractivity contribution in [1.29, 1.82) is 0 Å². The number of alkyl halides is 1. The summed E-state index contributed by atoms with van der Waals surface area (Å²) in [5.41, 5.74) is 0. The van der Waals surface area contributed by atoms with Crippen molar-refractivity contribution in [3.8, 4) is 0 Å². The molecule has 0 heterocycles. The molecule has 0 saturated carbocycles. The van der Waals surface area contributed by atoms with Gasteiger partial charge in [-0.15, -0.1) is 0 Å². The van der Waals surface area contributed by atoms with Crippen molar-refractivity contribution >= 4 is 16.9 Å². The molecule has 1 atom stereocenters. The lowest BCUT2D eigenvalue weighted by Gasteiger charge is -2.07. The average Bonchev–Trinajstić information content (AvgIpc) is 2.71. The van der Waals surface area contributed by atoms with E-state index in [2.05, 4.69) is 95.7 Å². The van der Waals surface area contributed by atoms with Crippen LogP contribution in [0.2, 0.25) is 0 Å². The van der Waals surface area contributed by atoms with Gasteiger partial charge in [-0.25, -0.2) is 9.18 Å². The summed E-state index contributed by atoms with van der Waals surface area (Å²) < 4.78 is 16.1. The Labute approximate surface area is 163 Å². The molecule has 0 N–H and O–H groups in total. The first-order valence-corrected chi connectivity index (χ1v) is 10.1. The summed E-state index contributed by atoms with van der Waals surface area (Å²) in [6.45, 7) is 3.03. The summed E-state index contributed by atoms with van der Waals surface area (Å²) in [4.78, 5) is 14.2. The van der Waals surface area contributed by atoms with Gasteiger partial charge in [-0.3, -0.25) is 0 Å². The Balaban J connectivity index is 0.000000279. The molecule has 0 fully saturated rings. The summed E-state index contributed by atoms with van der Waals surface area (Å²) in [5, 5.41) is 0. The number of esters is 1. The SMILES string of the molecule is CCOC(=O)C(C)F.c1ccc([S+](c2ccccc2)c2ccccc2)cc1. The van der Waals surface area contributed by atoms with E-state index in [4.69, 9.17) is 0 Å². The quantitative estimate of drug-likeness (QED) is 0.418. The zero-order valence-corrected chi connectivity index (χ0v) is 16.4. The van der Waals surface area contributed by atoms with Crippen LogP contribution >= 0.6 is 0 Å². The van der Waals surface area contributed by atoms with Gasteiger partial charge in [-0.1, -0.05) is 54.6 Å². The topological polar surface area (TPSA) is 26.3 Å². The van der Waals surface area contributed by atoms with Crippen LogP contribution in [0.3, 0.4) is 0 Å². The molecule has 3 aromatic rings. The Morgan fingerprint density at radius 2 is 1.15 bits per heavy atom. The van der Waals surface area contributed by atoms with E-state index in [9.17, 15) is 9.18 Å². The van der Waals surface area contributed by atoms with Gasteiger partial charge in [-0.2, -0.15) is 0 Å². The van der Waals surface area contributed by atoms with Crippen LogP contribution in [0.25, 0.3) is 0 Å². The van der Waals surface area contributed by atoms with Crippen LogP contribution in [0.1, 0.15) is 13.8 Å². The molecule has 0 radical (unpaired) electrons. The highest BCUT2D eigenvalue weighted by Gasteiger charge is 2.27. The number of carbonyl (C=O) groups excluding carboxylic acids is 1. The predicted octanol–water partition coefficient (Wildman–Crippen LogP) is 5.69. The minimum atomic E-state index is -1.49. The molecule has 4 heteroatoms. The van der Waals surface area contributed by atoms with Gasteiger partial charge in [0.15, 0.2) is 20.9 Å². The van der Waals surface area contributed by atoms with Crippen molar-refractivity contribution in [2.24, 2.45) is 0 Å². The van der Waals surface area contributed by atoms with E-state index in [0.29, 0.717) is 0 Å². The van der Waals surface area contributed by atoms with Crippen LogP contribution < -0.4 is 0 Å². The Bertz CT molecular complexity index is 698. The van der Waals surface area contributed by atoms with Gasteiger partial charge in [-0.05, 0) is 50.2 Å². The normalized spacial score (nSPS) is 11.3. The van der Waals surface area contributed by atoms with Crippen molar-refractivity contribution in [3.63, 3.8) is 0 Å². The highest BCUT2D eigenvalue weighted by molar-refractivity contribution is 7.97. The molecule has 27 heavy (non-hydrogen) atoms. The average molecular weight is 384 g/mol. The summed E-state index contributed by atoms with van der Waals surface area (Å²) in [6, 6.07) is 32.2. The molecule has 140 valence electrons. The molecule has 0 aromatic heterocycles. The third-order valence-electron chi connectivity index (χ3n) is 3.55. The molecule has 0 bridgehead atoms. The van der Waals surface area contributed by atoms with Crippen LogP contribution in [0.4, 0.5) is 4.39 Å². The van der Waals surface area contributed by atoms with Gasteiger partial charge < -0.3 is 4.74 Å². The Morgan fingerprint density at radius 1 is 0.815 bits per heavy atom. The minimum absolute atomic E-state index is 0.0146. The number of rotatable bonds is 5. The van der Waals surface area contributed by atoms with Gasteiger partial charge in [0, 0.05) is 0 Å². The molecule has 0 amide bonds. The van der Waals surface area contributed by atoms with Gasteiger partial charge in [0.2, 0.25) is 0 Å². The van der Waals surface area contributed by atoms with Gasteiger partial charge in [0.1, 0.15) is 0 Å². The van der Waals surface area contributed by atoms with Crippen molar-refractivity contribution in [3.05, 3.63) is 91.0 Å². The number of hydrogen-bond acceptors (Lipinski definition) is 2. The first-order valence-electron chi connectivity index (χ1n) is 8.83. The number of ether oxygens (including phenoxy) is 1. The van der Waals surface area contributed by atoms with Crippen molar-refractivity contribution < 1.29 is 13.9 Å².